The van der Waals surface area contributed by atoms with Crippen molar-refractivity contribution in [1.29, 1.82) is 0 Å². The van der Waals surface area contributed by atoms with Crippen LogP contribution < -0.4 is 5.73 Å². The predicted octanol–water partition coefficient (Wildman–Crippen LogP) is 14.4. The molecule has 0 amide bonds. The first kappa shape index (κ1) is 38.3. The molecule has 7 aromatic carbocycles. The summed E-state index contributed by atoms with van der Waals surface area (Å²) < 4.78 is 4.69. The van der Waals surface area contributed by atoms with Crippen molar-refractivity contribution in [3.05, 3.63) is 192 Å². The van der Waals surface area contributed by atoms with Crippen molar-refractivity contribution in [2.24, 2.45) is 11.7 Å². The van der Waals surface area contributed by atoms with E-state index in [9.17, 15) is 0 Å². The summed E-state index contributed by atoms with van der Waals surface area (Å²) in [5.74, 6) is 1.22. The minimum absolute atomic E-state index is 0.212. The zero-order valence-corrected chi connectivity index (χ0v) is 35.7. The summed E-state index contributed by atoms with van der Waals surface area (Å²) in [6.07, 6.45) is 6.12. The van der Waals surface area contributed by atoms with Crippen LogP contribution in [0.5, 0.6) is 0 Å². The van der Waals surface area contributed by atoms with Gasteiger partial charge >= 0.3 is 0 Å². The number of hydrogen-bond donors (Lipinski definition) is 2. The van der Waals surface area contributed by atoms with E-state index in [0.29, 0.717) is 5.92 Å². The van der Waals surface area contributed by atoms with Crippen LogP contribution in [0.25, 0.3) is 82.8 Å². The largest absolute Gasteiger partial charge is 0.354 e. The Morgan fingerprint density at radius 3 is 2.13 bits per heavy atom. The van der Waals surface area contributed by atoms with Crippen molar-refractivity contribution < 1.29 is 0 Å². The number of nitrogens with zero attached hydrogens (tertiary/aromatic N) is 3. The average Bonchev–Trinajstić information content (AvgIpc) is 3.97. The van der Waals surface area contributed by atoms with Crippen LogP contribution in [0.15, 0.2) is 175 Å². The lowest BCUT2D eigenvalue weighted by molar-refractivity contribution is 0.637. The summed E-state index contributed by atoms with van der Waals surface area (Å²) in [6.45, 7) is 13.3. The van der Waals surface area contributed by atoms with Crippen LogP contribution in [0.4, 0.5) is 0 Å². The zero-order valence-electron chi connectivity index (χ0n) is 35.7. The van der Waals surface area contributed by atoms with E-state index in [4.69, 9.17) is 10.7 Å². The van der Waals surface area contributed by atoms with Crippen LogP contribution in [0, 0.1) is 12.8 Å². The smallest absolute Gasteiger partial charge is 0.147 e. The Hall–Kier alpha value is -6.95. The Morgan fingerprint density at radius 1 is 0.689 bits per heavy atom. The molecule has 3 aromatic heterocycles. The average molecular weight is 794 g/mol. The van der Waals surface area contributed by atoms with Gasteiger partial charge in [0.05, 0.1) is 27.6 Å². The molecule has 0 aliphatic rings. The van der Waals surface area contributed by atoms with E-state index >= 15 is 0 Å². The van der Waals surface area contributed by atoms with E-state index in [-0.39, 0.29) is 5.41 Å². The number of aryl methyl sites for hydroxylation is 1. The van der Waals surface area contributed by atoms with Crippen molar-refractivity contribution in [1.82, 2.24) is 19.1 Å². The van der Waals surface area contributed by atoms with Gasteiger partial charge in [0.2, 0.25) is 0 Å². The molecule has 1 atom stereocenters. The molecule has 5 nitrogen and oxygen atoms in total. The highest BCUT2D eigenvalue weighted by molar-refractivity contribution is 6.13. The van der Waals surface area contributed by atoms with Gasteiger partial charge in [0.25, 0.3) is 0 Å². The fourth-order valence-electron chi connectivity index (χ4n) is 9.49. The van der Waals surface area contributed by atoms with E-state index in [2.05, 4.69) is 226 Å². The Bertz CT molecular complexity index is 3330. The lowest BCUT2D eigenvalue weighted by Gasteiger charge is -2.26. The maximum absolute atomic E-state index is 7.37. The number of hydrogen-bond acceptors (Lipinski definition) is 2. The Kier molecular flexibility index (Phi) is 9.38. The summed E-state index contributed by atoms with van der Waals surface area (Å²) >= 11 is 0. The molecule has 10 rings (SSSR count). The Labute approximate surface area is 357 Å². The highest BCUT2D eigenvalue weighted by Crippen LogP contribution is 2.42. The first-order chi connectivity index (χ1) is 29.6. The summed E-state index contributed by atoms with van der Waals surface area (Å²) in [5, 5.41) is 4.75. The lowest BCUT2D eigenvalue weighted by atomic mass is 9.78. The SMILES string of the molecule is C/C=C\C(=C/C(N)n1c2cc(-c3ccc(C)c4c3nc(-c3cccc5c3[nH]c3ccccc35)n4-c3ccccc3)ccc2c2ccc(C(C)(C)c3ccccc3)cc21)C(C)C. The first-order valence-electron chi connectivity index (χ1n) is 21.5. The molecule has 0 aliphatic heterocycles. The molecule has 300 valence electrons. The van der Waals surface area contributed by atoms with Crippen molar-refractivity contribution in [2.45, 2.75) is 53.1 Å². The van der Waals surface area contributed by atoms with Gasteiger partial charge in [0, 0.05) is 49.3 Å². The third kappa shape index (κ3) is 6.31. The van der Waals surface area contributed by atoms with Gasteiger partial charge in [-0.2, -0.15) is 0 Å². The first-order valence-corrected chi connectivity index (χ1v) is 21.5. The highest BCUT2D eigenvalue weighted by Gasteiger charge is 2.26. The summed E-state index contributed by atoms with van der Waals surface area (Å²) in [7, 11) is 0. The van der Waals surface area contributed by atoms with Gasteiger partial charge in [-0.3, -0.25) is 4.57 Å². The topological polar surface area (TPSA) is 64.6 Å². The van der Waals surface area contributed by atoms with E-state index in [0.717, 1.165) is 66.9 Å². The van der Waals surface area contributed by atoms with E-state index in [1.807, 2.05) is 0 Å². The van der Waals surface area contributed by atoms with Crippen LogP contribution >= 0.6 is 0 Å². The number of H-pyrrole nitrogens is 1. The van der Waals surface area contributed by atoms with Gasteiger partial charge in [-0.15, -0.1) is 0 Å². The molecule has 10 aromatic rings. The quantitative estimate of drug-likeness (QED) is 0.143. The predicted molar refractivity (Wildman–Crippen MR) is 259 cm³/mol. The second kappa shape index (κ2) is 14.9. The third-order valence-corrected chi connectivity index (χ3v) is 12.8. The number of aromatic amines is 1. The Morgan fingerprint density at radius 2 is 1.38 bits per heavy atom. The molecule has 0 bridgehead atoms. The molecule has 0 spiro atoms. The van der Waals surface area contributed by atoms with Crippen LogP contribution in [0.2, 0.25) is 0 Å². The van der Waals surface area contributed by atoms with Crippen molar-refractivity contribution in [3.63, 3.8) is 0 Å². The van der Waals surface area contributed by atoms with Gasteiger partial charge < -0.3 is 15.3 Å². The minimum Gasteiger partial charge on any atom is -0.354 e. The molecule has 0 aliphatic carbocycles. The molecule has 5 heteroatoms. The summed E-state index contributed by atoms with van der Waals surface area (Å²) in [4.78, 5) is 9.39. The fourth-order valence-corrected chi connectivity index (χ4v) is 9.49. The van der Waals surface area contributed by atoms with Gasteiger partial charge in [0.1, 0.15) is 12.0 Å². The maximum Gasteiger partial charge on any atom is 0.147 e. The third-order valence-electron chi connectivity index (χ3n) is 12.8. The molecule has 0 fully saturated rings. The maximum atomic E-state index is 7.37. The molecular weight excluding hydrogens is 743 g/mol. The number of imidazole rings is 1. The van der Waals surface area contributed by atoms with E-state index in [1.54, 1.807) is 0 Å². The van der Waals surface area contributed by atoms with Crippen molar-refractivity contribution in [3.8, 4) is 28.2 Å². The van der Waals surface area contributed by atoms with Crippen molar-refractivity contribution in [2.75, 3.05) is 0 Å². The van der Waals surface area contributed by atoms with E-state index in [1.165, 1.54) is 38.2 Å². The van der Waals surface area contributed by atoms with Crippen LogP contribution in [-0.2, 0) is 5.41 Å². The van der Waals surface area contributed by atoms with Crippen molar-refractivity contribution >= 4 is 54.6 Å². The summed E-state index contributed by atoms with van der Waals surface area (Å²) in [6, 6.07) is 54.8. The van der Waals surface area contributed by atoms with Gasteiger partial charge in [-0.05, 0) is 90.1 Å². The second-order valence-electron chi connectivity index (χ2n) is 17.3. The number of rotatable bonds is 9. The second-order valence-corrected chi connectivity index (χ2v) is 17.3. The number of fused-ring (bicyclic) bond motifs is 7. The van der Waals surface area contributed by atoms with Gasteiger partial charge in [-0.1, -0.05) is 155 Å². The van der Waals surface area contributed by atoms with Crippen LogP contribution in [0.3, 0.4) is 0 Å². The van der Waals surface area contributed by atoms with E-state index < -0.39 is 6.17 Å². The summed E-state index contributed by atoms with van der Waals surface area (Å²) in [5.41, 5.74) is 22.8. The normalized spacial score (nSPS) is 13.3. The monoisotopic (exact) mass is 793 g/mol. The molecular formula is C56H51N5. The lowest BCUT2D eigenvalue weighted by Crippen LogP contribution is -2.20. The molecule has 0 radical (unpaired) electrons. The number of allylic oxidation sites excluding steroid dienone is 3. The molecule has 0 saturated heterocycles. The fraction of sp³-hybridized carbons (Fsp3) is 0.161. The molecule has 61 heavy (non-hydrogen) atoms. The number of nitrogens with two attached hydrogens (primary N) is 1. The van der Waals surface area contributed by atoms with Gasteiger partial charge in [-0.25, -0.2) is 4.98 Å². The Balaban J connectivity index is 1.23. The number of aromatic nitrogens is 4. The number of nitrogens with one attached hydrogen (secondary N) is 1. The van der Waals surface area contributed by atoms with Gasteiger partial charge in [0.15, 0.2) is 0 Å². The van der Waals surface area contributed by atoms with Crippen LogP contribution in [-0.4, -0.2) is 19.1 Å². The number of para-hydroxylation sites is 3. The highest BCUT2D eigenvalue weighted by atomic mass is 15.1. The minimum atomic E-state index is -0.405. The number of benzene rings is 7. The standard InChI is InChI=1S/C56H51N5/c1-7-17-37(35(2)3)33-51(57)61-49-32-38(27-30-44(49)45-31-28-40(34-50(45)61)56(5,6)39-18-10-8-11-19-39)42-29-26-36(4)54-53(42)59-55(60(54)41-20-12-9-13-21-41)47-24-16-23-46-43-22-14-15-25-48(43)58-52(46)47/h7-35,51,58H,57H2,1-6H3/b17-7-,37-33+. The zero-order chi connectivity index (χ0) is 42.0. The van der Waals surface area contributed by atoms with Crippen LogP contribution in [0.1, 0.15) is 57.5 Å². The molecule has 1 unspecified atom stereocenters. The molecule has 3 N–H and O–H groups in total. The molecule has 0 saturated carbocycles. The molecule has 3 heterocycles.